The lowest BCUT2D eigenvalue weighted by atomic mass is 9.95. The lowest BCUT2D eigenvalue weighted by Crippen LogP contribution is -2.54. The van der Waals surface area contributed by atoms with E-state index in [0.717, 1.165) is 31.4 Å². The molecule has 1 unspecified atom stereocenters. The molecule has 2 aliphatic rings. The van der Waals surface area contributed by atoms with Crippen LogP contribution in [-0.4, -0.2) is 84.8 Å². The third kappa shape index (κ3) is 6.29. The number of nitrogens with one attached hydrogen (secondary N) is 1. The fourth-order valence-electron chi connectivity index (χ4n) is 4.20. The third-order valence-electron chi connectivity index (χ3n) is 5.94. The fourth-order valence-corrected chi connectivity index (χ4v) is 4.20. The lowest BCUT2D eigenvalue weighted by Gasteiger charge is -2.39. The molecule has 1 atom stereocenters. The van der Waals surface area contributed by atoms with Gasteiger partial charge >= 0.3 is 0 Å². The summed E-state index contributed by atoms with van der Waals surface area (Å²) in [4.78, 5) is 43.5. The number of rotatable bonds is 7. The molecule has 3 rings (SSSR count). The van der Waals surface area contributed by atoms with E-state index in [0.29, 0.717) is 52.2 Å². The summed E-state index contributed by atoms with van der Waals surface area (Å²) in [6.07, 6.45) is 3.03. The number of benzene rings is 1. The zero-order valence-electron chi connectivity index (χ0n) is 18.0. The Kier molecular flexibility index (Phi) is 8.25. The Balaban J connectivity index is 1.45. The van der Waals surface area contributed by atoms with Gasteiger partial charge in [0, 0.05) is 45.8 Å². The van der Waals surface area contributed by atoms with E-state index in [1.807, 2.05) is 47.1 Å². The number of likely N-dealkylation sites (tertiary alicyclic amines) is 1. The number of carbonyl (C=O) groups is 3. The van der Waals surface area contributed by atoms with Crippen molar-refractivity contribution < 1.29 is 14.4 Å². The fraction of sp³-hybridized carbons (Fsp3) is 0.609. The monoisotopic (exact) mass is 414 g/mol. The number of piperazine rings is 1. The summed E-state index contributed by atoms with van der Waals surface area (Å²) in [5.74, 6) is 0.193. The second kappa shape index (κ2) is 11.1. The summed E-state index contributed by atoms with van der Waals surface area (Å²) >= 11 is 0. The van der Waals surface area contributed by atoms with Crippen molar-refractivity contribution in [3.63, 3.8) is 0 Å². The van der Waals surface area contributed by atoms with Crippen molar-refractivity contribution in [2.75, 3.05) is 52.4 Å². The van der Waals surface area contributed by atoms with E-state index < -0.39 is 0 Å². The number of nitrogens with zero attached hydrogens (tertiary/aromatic N) is 3. The molecule has 7 heteroatoms. The summed E-state index contributed by atoms with van der Waals surface area (Å²) in [5, 5.41) is 2.90. The third-order valence-corrected chi connectivity index (χ3v) is 5.94. The first-order valence-electron chi connectivity index (χ1n) is 11.2. The summed E-state index contributed by atoms with van der Waals surface area (Å²) in [7, 11) is 0. The van der Waals surface area contributed by atoms with Crippen LogP contribution in [0.2, 0.25) is 0 Å². The van der Waals surface area contributed by atoms with Crippen LogP contribution in [0.15, 0.2) is 30.3 Å². The molecule has 7 nitrogen and oxygen atoms in total. The second-order valence-corrected chi connectivity index (χ2v) is 8.29. The normalized spacial score (nSPS) is 20.1. The molecular weight excluding hydrogens is 380 g/mol. The topological polar surface area (TPSA) is 73.0 Å². The minimum Gasteiger partial charge on any atom is -0.355 e. The zero-order valence-corrected chi connectivity index (χ0v) is 18.0. The molecule has 1 N–H and O–H groups in total. The van der Waals surface area contributed by atoms with E-state index >= 15 is 0 Å². The van der Waals surface area contributed by atoms with E-state index in [-0.39, 0.29) is 23.6 Å². The largest absolute Gasteiger partial charge is 0.355 e. The lowest BCUT2D eigenvalue weighted by molar-refractivity contribution is -0.142. The molecule has 0 aromatic heterocycles. The summed E-state index contributed by atoms with van der Waals surface area (Å²) in [6.45, 7) is 7.12. The molecule has 0 saturated carbocycles. The molecule has 0 radical (unpaired) electrons. The van der Waals surface area contributed by atoms with Gasteiger partial charge in [0.05, 0.1) is 18.9 Å². The number of hydrogen-bond acceptors (Lipinski definition) is 4. The molecule has 1 aromatic carbocycles. The van der Waals surface area contributed by atoms with E-state index in [1.54, 1.807) is 0 Å². The van der Waals surface area contributed by atoms with E-state index in [1.165, 1.54) is 0 Å². The van der Waals surface area contributed by atoms with Crippen LogP contribution in [0.4, 0.5) is 0 Å². The van der Waals surface area contributed by atoms with Crippen LogP contribution in [0, 0.1) is 5.92 Å². The standard InChI is InChI=1S/C23H34N4O3/c1-2-10-24-21(28)18-25-12-14-26(15-13-25)23(30)20-9-6-11-27(17-20)22(29)16-19-7-4-3-5-8-19/h3-5,7-8,20H,2,6,9-18H2,1H3,(H,24,28). The second-order valence-electron chi connectivity index (χ2n) is 8.29. The Morgan fingerprint density at radius 1 is 1.00 bits per heavy atom. The van der Waals surface area contributed by atoms with E-state index in [2.05, 4.69) is 10.2 Å². The molecule has 2 aliphatic heterocycles. The molecule has 0 aliphatic carbocycles. The van der Waals surface area contributed by atoms with Crippen LogP contribution >= 0.6 is 0 Å². The van der Waals surface area contributed by atoms with Gasteiger partial charge in [0.15, 0.2) is 0 Å². The van der Waals surface area contributed by atoms with Gasteiger partial charge < -0.3 is 15.1 Å². The van der Waals surface area contributed by atoms with Crippen molar-refractivity contribution >= 4 is 17.7 Å². The molecular formula is C23H34N4O3. The number of carbonyl (C=O) groups excluding carboxylic acids is 3. The molecule has 164 valence electrons. The number of amides is 3. The van der Waals surface area contributed by atoms with Crippen molar-refractivity contribution in [2.24, 2.45) is 5.92 Å². The quantitative estimate of drug-likeness (QED) is 0.726. The molecule has 2 saturated heterocycles. The highest BCUT2D eigenvalue weighted by Crippen LogP contribution is 2.20. The Morgan fingerprint density at radius 2 is 1.73 bits per heavy atom. The first-order chi connectivity index (χ1) is 14.6. The van der Waals surface area contributed by atoms with Gasteiger partial charge in [0.25, 0.3) is 0 Å². The van der Waals surface area contributed by atoms with Gasteiger partial charge in [-0.3, -0.25) is 19.3 Å². The van der Waals surface area contributed by atoms with Gasteiger partial charge in [-0.2, -0.15) is 0 Å². The average molecular weight is 415 g/mol. The summed E-state index contributed by atoms with van der Waals surface area (Å²) < 4.78 is 0. The highest BCUT2D eigenvalue weighted by atomic mass is 16.2. The Bertz CT molecular complexity index is 716. The van der Waals surface area contributed by atoms with Gasteiger partial charge in [-0.15, -0.1) is 0 Å². The van der Waals surface area contributed by atoms with Crippen molar-refractivity contribution in [2.45, 2.75) is 32.6 Å². The van der Waals surface area contributed by atoms with Crippen molar-refractivity contribution in [1.29, 1.82) is 0 Å². The molecule has 2 heterocycles. The first-order valence-corrected chi connectivity index (χ1v) is 11.2. The molecule has 30 heavy (non-hydrogen) atoms. The minimum absolute atomic E-state index is 0.0523. The van der Waals surface area contributed by atoms with Gasteiger partial charge in [-0.05, 0) is 24.8 Å². The van der Waals surface area contributed by atoms with Crippen LogP contribution in [0.25, 0.3) is 0 Å². The van der Waals surface area contributed by atoms with Crippen molar-refractivity contribution in [3.8, 4) is 0 Å². The molecule has 0 spiro atoms. The van der Waals surface area contributed by atoms with Gasteiger partial charge in [0.1, 0.15) is 0 Å². The van der Waals surface area contributed by atoms with E-state index in [4.69, 9.17) is 0 Å². The maximum atomic E-state index is 13.0. The highest BCUT2D eigenvalue weighted by molar-refractivity contribution is 5.82. The zero-order chi connectivity index (χ0) is 21.3. The Morgan fingerprint density at radius 3 is 2.43 bits per heavy atom. The SMILES string of the molecule is CCCNC(=O)CN1CCN(C(=O)C2CCCN(C(=O)Cc3ccccc3)C2)CC1. The molecule has 3 amide bonds. The summed E-state index contributed by atoms with van der Waals surface area (Å²) in [6, 6.07) is 9.76. The van der Waals surface area contributed by atoms with Crippen LogP contribution < -0.4 is 5.32 Å². The number of hydrogen-bond donors (Lipinski definition) is 1. The van der Waals surface area contributed by atoms with Gasteiger partial charge in [0.2, 0.25) is 17.7 Å². The average Bonchev–Trinajstić information content (AvgIpc) is 2.78. The highest BCUT2D eigenvalue weighted by Gasteiger charge is 2.32. The van der Waals surface area contributed by atoms with Crippen molar-refractivity contribution in [1.82, 2.24) is 20.0 Å². The number of piperidine rings is 1. The molecule has 2 fully saturated rings. The maximum absolute atomic E-state index is 13.0. The minimum atomic E-state index is -0.113. The van der Waals surface area contributed by atoms with Gasteiger partial charge in [-0.25, -0.2) is 0 Å². The summed E-state index contributed by atoms with van der Waals surface area (Å²) in [5.41, 5.74) is 1.01. The Hall–Kier alpha value is -2.41. The smallest absolute Gasteiger partial charge is 0.234 e. The van der Waals surface area contributed by atoms with Crippen molar-refractivity contribution in [3.05, 3.63) is 35.9 Å². The Labute approximate surface area is 179 Å². The first kappa shape index (κ1) is 22.3. The predicted octanol–water partition coefficient (Wildman–Crippen LogP) is 1.14. The van der Waals surface area contributed by atoms with Gasteiger partial charge in [-0.1, -0.05) is 37.3 Å². The van der Waals surface area contributed by atoms with Crippen LogP contribution in [0.1, 0.15) is 31.7 Å². The molecule has 0 bridgehead atoms. The van der Waals surface area contributed by atoms with Crippen LogP contribution in [-0.2, 0) is 20.8 Å². The van der Waals surface area contributed by atoms with Crippen LogP contribution in [0.3, 0.4) is 0 Å². The predicted molar refractivity (Wildman–Crippen MR) is 116 cm³/mol. The van der Waals surface area contributed by atoms with E-state index in [9.17, 15) is 14.4 Å². The molecule has 1 aromatic rings. The van der Waals surface area contributed by atoms with Crippen LogP contribution in [0.5, 0.6) is 0 Å². The maximum Gasteiger partial charge on any atom is 0.234 e.